The van der Waals surface area contributed by atoms with Gasteiger partial charge in [-0.3, -0.25) is 0 Å². The van der Waals surface area contributed by atoms with Crippen molar-refractivity contribution in [1.29, 1.82) is 0 Å². The molecule has 1 saturated heterocycles. The number of hydrogen-bond donors (Lipinski definition) is 1. The third-order valence-electron chi connectivity index (χ3n) is 3.82. The van der Waals surface area contributed by atoms with E-state index in [4.69, 9.17) is 0 Å². The molecule has 2 aliphatic rings. The summed E-state index contributed by atoms with van der Waals surface area (Å²) in [5.74, 6) is 0.941. The maximum Gasteiger partial charge on any atom is 0.0375 e. The van der Waals surface area contributed by atoms with Gasteiger partial charge < -0.3 is 10.2 Å². The molecule has 1 N–H and O–H groups in total. The smallest absolute Gasteiger partial charge is 0.0375 e. The maximum absolute atomic E-state index is 3.41. The molecule has 0 aromatic heterocycles. The summed E-state index contributed by atoms with van der Waals surface area (Å²) in [4.78, 5) is 2.51. The van der Waals surface area contributed by atoms with E-state index in [0.29, 0.717) is 0 Å². The Balaban J connectivity index is 1.68. The predicted molar refractivity (Wildman–Crippen MR) is 69.2 cm³/mol. The van der Waals surface area contributed by atoms with Crippen molar-refractivity contribution in [2.45, 2.75) is 26.2 Å². The van der Waals surface area contributed by atoms with Gasteiger partial charge in [-0.2, -0.15) is 0 Å². The molecule has 0 aliphatic carbocycles. The van der Waals surface area contributed by atoms with Gasteiger partial charge in [0.2, 0.25) is 0 Å². The van der Waals surface area contributed by atoms with Crippen molar-refractivity contribution in [2.75, 3.05) is 29.9 Å². The van der Waals surface area contributed by atoms with Crippen LogP contribution in [0.2, 0.25) is 0 Å². The summed E-state index contributed by atoms with van der Waals surface area (Å²) in [5.41, 5.74) is 4.26. The van der Waals surface area contributed by atoms with E-state index >= 15 is 0 Å². The minimum Gasteiger partial charge on any atom is -0.384 e. The lowest BCUT2D eigenvalue weighted by atomic mass is 9.94. The summed E-state index contributed by atoms with van der Waals surface area (Å²) < 4.78 is 0. The number of anilines is 2. The predicted octanol–water partition coefficient (Wildman–Crippen LogP) is 2.89. The second kappa shape index (κ2) is 4.00. The van der Waals surface area contributed by atoms with Crippen LogP contribution in [0.15, 0.2) is 18.2 Å². The molecule has 0 amide bonds. The Morgan fingerprint density at radius 3 is 3.06 bits per heavy atom. The first-order chi connectivity index (χ1) is 7.86. The molecule has 86 valence electrons. The fourth-order valence-corrected chi connectivity index (χ4v) is 2.86. The van der Waals surface area contributed by atoms with Crippen LogP contribution in [0.3, 0.4) is 0 Å². The van der Waals surface area contributed by atoms with E-state index in [2.05, 4.69) is 35.3 Å². The first-order valence-corrected chi connectivity index (χ1v) is 6.48. The molecule has 0 spiro atoms. The van der Waals surface area contributed by atoms with E-state index in [-0.39, 0.29) is 0 Å². The fourth-order valence-electron chi connectivity index (χ4n) is 2.86. The Bertz CT molecular complexity index is 380. The van der Waals surface area contributed by atoms with Gasteiger partial charge in [-0.05, 0) is 42.5 Å². The highest BCUT2D eigenvalue weighted by atomic mass is 15.2. The third kappa shape index (κ3) is 1.66. The Morgan fingerprint density at radius 2 is 2.25 bits per heavy atom. The van der Waals surface area contributed by atoms with Crippen LogP contribution < -0.4 is 10.2 Å². The van der Waals surface area contributed by atoms with E-state index in [9.17, 15) is 0 Å². The minimum absolute atomic E-state index is 0.941. The van der Waals surface area contributed by atoms with Gasteiger partial charge in [0.15, 0.2) is 0 Å². The van der Waals surface area contributed by atoms with Crippen molar-refractivity contribution in [1.82, 2.24) is 0 Å². The van der Waals surface area contributed by atoms with Crippen LogP contribution in [0, 0.1) is 5.92 Å². The number of nitrogens with one attached hydrogen (secondary N) is 1. The SMILES string of the molecule is CCCC1CN(c2ccc3c(c2)CCN3)C1. The zero-order valence-electron chi connectivity index (χ0n) is 10.00. The fraction of sp³-hybridized carbons (Fsp3) is 0.571. The second-order valence-corrected chi connectivity index (χ2v) is 5.08. The van der Waals surface area contributed by atoms with Gasteiger partial charge in [-0.15, -0.1) is 0 Å². The van der Waals surface area contributed by atoms with Crippen LogP contribution in [0.5, 0.6) is 0 Å². The quantitative estimate of drug-likeness (QED) is 0.835. The second-order valence-electron chi connectivity index (χ2n) is 5.08. The molecule has 2 heteroatoms. The Morgan fingerprint density at radius 1 is 1.38 bits per heavy atom. The van der Waals surface area contributed by atoms with Crippen molar-refractivity contribution < 1.29 is 0 Å². The Kier molecular flexibility index (Phi) is 2.50. The molecule has 1 fully saturated rings. The number of rotatable bonds is 3. The van der Waals surface area contributed by atoms with Crippen molar-refractivity contribution in [3.63, 3.8) is 0 Å². The summed E-state index contributed by atoms with van der Waals surface area (Å²) in [5, 5.41) is 3.41. The standard InChI is InChI=1S/C14H20N2/c1-2-3-11-9-16(10-11)13-4-5-14-12(8-13)6-7-15-14/h4-5,8,11,15H,2-3,6-7,9-10H2,1H3. The topological polar surface area (TPSA) is 15.3 Å². The van der Waals surface area contributed by atoms with Crippen LogP contribution >= 0.6 is 0 Å². The number of nitrogens with zero attached hydrogens (tertiary/aromatic N) is 1. The van der Waals surface area contributed by atoms with Crippen molar-refractivity contribution >= 4 is 11.4 Å². The average Bonchev–Trinajstić information content (AvgIpc) is 2.69. The third-order valence-corrected chi connectivity index (χ3v) is 3.82. The molecular weight excluding hydrogens is 196 g/mol. The first kappa shape index (κ1) is 10.0. The van der Waals surface area contributed by atoms with Crippen LogP contribution in [0.1, 0.15) is 25.3 Å². The summed E-state index contributed by atoms with van der Waals surface area (Å²) in [6, 6.07) is 6.88. The molecule has 0 radical (unpaired) electrons. The molecule has 2 nitrogen and oxygen atoms in total. The van der Waals surface area contributed by atoms with Gasteiger partial charge in [0.1, 0.15) is 0 Å². The van der Waals surface area contributed by atoms with E-state index in [0.717, 1.165) is 12.5 Å². The van der Waals surface area contributed by atoms with E-state index < -0.39 is 0 Å². The lowest BCUT2D eigenvalue weighted by molar-refractivity contribution is 0.380. The van der Waals surface area contributed by atoms with E-state index in [1.54, 1.807) is 0 Å². The molecule has 0 bridgehead atoms. The minimum atomic E-state index is 0.941. The number of hydrogen-bond acceptors (Lipinski definition) is 2. The van der Waals surface area contributed by atoms with Gasteiger partial charge in [0, 0.05) is 31.0 Å². The van der Waals surface area contributed by atoms with E-state index in [1.165, 1.54) is 49.3 Å². The van der Waals surface area contributed by atoms with Crippen molar-refractivity contribution in [2.24, 2.45) is 5.92 Å². The Labute approximate surface area is 97.6 Å². The van der Waals surface area contributed by atoms with Gasteiger partial charge in [-0.1, -0.05) is 13.3 Å². The highest BCUT2D eigenvalue weighted by Crippen LogP contribution is 2.32. The highest BCUT2D eigenvalue weighted by molar-refractivity contribution is 5.63. The molecule has 16 heavy (non-hydrogen) atoms. The first-order valence-electron chi connectivity index (χ1n) is 6.48. The van der Waals surface area contributed by atoms with Gasteiger partial charge in [0.05, 0.1) is 0 Å². The van der Waals surface area contributed by atoms with Crippen molar-refractivity contribution in [3.05, 3.63) is 23.8 Å². The highest BCUT2D eigenvalue weighted by Gasteiger charge is 2.26. The van der Waals surface area contributed by atoms with Crippen LogP contribution in [0.25, 0.3) is 0 Å². The lowest BCUT2D eigenvalue weighted by Crippen LogP contribution is -2.46. The average molecular weight is 216 g/mol. The van der Waals surface area contributed by atoms with Crippen LogP contribution in [-0.4, -0.2) is 19.6 Å². The molecule has 1 aromatic rings. The summed E-state index contributed by atoms with van der Waals surface area (Å²) in [6.45, 7) is 5.92. The molecule has 2 aliphatic heterocycles. The van der Waals surface area contributed by atoms with E-state index in [1.807, 2.05) is 0 Å². The van der Waals surface area contributed by atoms with Gasteiger partial charge >= 0.3 is 0 Å². The van der Waals surface area contributed by atoms with Gasteiger partial charge in [0.25, 0.3) is 0 Å². The molecule has 2 heterocycles. The molecule has 1 aromatic carbocycles. The number of fused-ring (bicyclic) bond motifs is 1. The zero-order chi connectivity index (χ0) is 11.0. The monoisotopic (exact) mass is 216 g/mol. The summed E-state index contributed by atoms with van der Waals surface area (Å²) in [7, 11) is 0. The summed E-state index contributed by atoms with van der Waals surface area (Å²) in [6.07, 6.45) is 3.91. The molecule has 0 saturated carbocycles. The van der Waals surface area contributed by atoms with Crippen LogP contribution in [-0.2, 0) is 6.42 Å². The van der Waals surface area contributed by atoms with Crippen LogP contribution in [0.4, 0.5) is 11.4 Å². The largest absolute Gasteiger partial charge is 0.384 e. The van der Waals surface area contributed by atoms with Crippen molar-refractivity contribution in [3.8, 4) is 0 Å². The number of benzene rings is 1. The molecular formula is C14H20N2. The molecule has 3 rings (SSSR count). The zero-order valence-corrected chi connectivity index (χ0v) is 10.00. The van der Waals surface area contributed by atoms with Gasteiger partial charge in [-0.25, -0.2) is 0 Å². The Hall–Kier alpha value is -1.18. The maximum atomic E-state index is 3.41. The normalized spacial score (nSPS) is 19.2. The molecule has 0 unspecified atom stereocenters. The lowest BCUT2D eigenvalue weighted by Gasteiger charge is -2.41. The summed E-state index contributed by atoms with van der Waals surface area (Å²) >= 11 is 0. The molecule has 0 atom stereocenters.